The van der Waals surface area contributed by atoms with Crippen molar-refractivity contribution in [3.05, 3.63) is 94.2 Å². The van der Waals surface area contributed by atoms with Crippen molar-refractivity contribution in [2.45, 2.75) is 18.2 Å². The number of para-hydroxylation sites is 2. The molecule has 0 aliphatic rings. The molecular weight excluding hydrogens is 524 g/mol. The number of ether oxygens (including phenoxy) is 1. The maximum Gasteiger partial charge on any atom is 0.234 e. The fourth-order valence-corrected chi connectivity index (χ4v) is 4.47. The van der Waals surface area contributed by atoms with Gasteiger partial charge in [-0.15, -0.1) is 10.2 Å². The molecule has 1 heterocycles. The number of hydrogen-bond donors (Lipinski definition) is 1. The van der Waals surface area contributed by atoms with Crippen LogP contribution in [0.1, 0.15) is 18.9 Å². The third kappa shape index (κ3) is 5.96. The molecule has 4 aromatic rings. The molecule has 0 bridgehead atoms. The Kier molecular flexibility index (Phi) is 7.69. The summed E-state index contributed by atoms with van der Waals surface area (Å²) in [6, 6.07) is 24.5. The van der Waals surface area contributed by atoms with Crippen molar-refractivity contribution in [1.82, 2.24) is 14.8 Å². The van der Waals surface area contributed by atoms with Gasteiger partial charge < -0.3 is 10.1 Å². The van der Waals surface area contributed by atoms with Gasteiger partial charge in [-0.05, 0) is 49.4 Å². The molecule has 0 aliphatic heterocycles. The minimum absolute atomic E-state index is 0.136. The second-order valence-electron chi connectivity index (χ2n) is 7.05. The van der Waals surface area contributed by atoms with Gasteiger partial charge in [0.15, 0.2) is 17.1 Å². The lowest BCUT2D eigenvalue weighted by atomic mass is 10.3. The Labute approximate surface area is 209 Å². The van der Waals surface area contributed by atoms with Crippen molar-refractivity contribution in [1.29, 1.82) is 0 Å². The van der Waals surface area contributed by atoms with E-state index in [1.165, 1.54) is 11.8 Å². The SMILES string of the molecule is CC(Oc1ccccc1Cl)c1nnc(SCC(=O)Nc2cccc(Br)c2)n1-c1ccccc1. The summed E-state index contributed by atoms with van der Waals surface area (Å²) in [5, 5.41) is 12.7. The average Bonchev–Trinajstić information content (AvgIpc) is 3.24. The van der Waals surface area contributed by atoms with Gasteiger partial charge in [0.1, 0.15) is 5.75 Å². The Morgan fingerprint density at radius 2 is 1.85 bits per heavy atom. The van der Waals surface area contributed by atoms with Crippen LogP contribution in [-0.4, -0.2) is 26.4 Å². The highest BCUT2D eigenvalue weighted by atomic mass is 79.9. The number of amides is 1. The first kappa shape index (κ1) is 23.4. The molecule has 4 rings (SSSR count). The van der Waals surface area contributed by atoms with Crippen LogP contribution in [-0.2, 0) is 4.79 Å². The number of benzene rings is 3. The van der Waals surface area contributed by atoms with Crippen molar-refractivity contribution < 1.29 is 9.53 Å². The summed E-state index contributed by atoms with van der Waals surface area (Å²) in [5.74, 6) is 1.22. The van der Waals surface area contributed by atoms with Gasteiger partial charge >= 0.3 is 0 Å². The van der Waals surface area contributed by atoms with Crippen LogP contribution in [0.2, 0.25) is 5.02 Å². The molecule has 6 nitrogen and oxygen atoms in total. The maximum absolute atomic E-state index is 12.5. The standard InChI is InChI=1S/C24H20BrClN4O2S/c1-16(32-21-13-6-5-12-20(21)26)23-28-29-24(30(23)19-10-3-2-4-11-19)33-15-22(31)27-18-9-7-8-17(25)14-18/h2-14,16H,15H2,1H3,(H,27,31). The largest absolute Gasteiger partial charge is 0.481 e. The Bertz CT molecular complexity index is 1250. The number of nitrogens with zero attached hydrogens (tertiary/aromatic N) is 3. The molecule has 33 heavy (non-hydrogen) atoms. The predicted molar refractivity (Wildman–Crippen MR) is 135 cm³/mol. The van der Waals surface area contributed by atoms with Crippen LogP contribution in [0.15, 0.2) is 88.5 Å². The van der Waals surface area contributed by atoms with Crippen LogP contribution in [0.4, 0.5) is 5.69 Å². The first-order chi connectivity index (χ1) is 16.0. The first-order valence-electron chi connectivity index (χ1n) is 10.1. The molecule has 1 amide bonds. The summed E-state index contributed by atoms with van der Waals surface area (Å²) in [5.41, 5.74) is 1.60. The topological polar surface area (TPSA) is 69.0 Å². The van der Waals surface area contributed by atoms with E-state index in [2.05, 4.69) is 31.4 Å². The van der Waals surface area contributed by atoms with Gasteiger partial charge in [0, 0.05) is 15.8 Å². The number of carbonyl (C=O) groups excluding carboxylic acids is 1. The average molecular weight is 544 g/mol. The van der Waals surface area contributed by atoms with Crippen LogP contribution < -0.4 is 10.1 Å². The number of hydrogen-bond acceptors (Lipinski definition) is 5. The Balaban J connectivity index is 1.55. The number of carbonyl (C=O) groups is 1. The molecule has 0 radical (unpaired) electrons. The van der Waals surface area contributed by atoms with E-state index in [1.54, 1.807) is 6.07 Å². The molecule has 0 aliphatic carbocycles. The molecule has 3 aromatic carbocycles. The van der Waals surface area contributed by atoms with E-state index in [-0.39, 0.29) is 11.7 Å². The van der Waals surface area contributed by atoms with Crippen LogP contribution in [0, 0.1) is 0 Å². The lowest BCUT2D eigenvalue weighted by Crippen LogP contribution is -2.15. The number of nitrogens with one attached hydrogen (secondary N) is 1. The molecule has 0 fully saturated rings. The predicted octanol–water partition coefficient (Wildman–Crippen LogP) is 6.55. The van der Waals surface area contributed by atoms with E-state index in [1.807, 2.05) is 84.3 Å². The molecule has 1 N–H and O–H groups in total. The van der Waals surface area contributed by atoms with Gasteiger partial charge in [-0.3, -0.25) is 9.36 Å². The van der Waals surface area contributed by atoms with Crippen molar-refractivity contribution in [3.63, 3.8) is 0 Å². The molecule has 1 unspecified atom stereocenters. The van der Waals surface area contributed by atoms with Crippen molar-refractivity contribution >= 4 is 50.9 Å². The second-order valence-corrected chi connectivity index (χ2v) is 9.31. The van der Waals surface area contributed by atoms with Gasteiger partial charge in [0.05, 0.1) is 10.8 Å². The third-order valence-electron chi connectivity index (χ3n) is 4.62. The van der Waals surface area contributed by atoms with Crippen LogP contribution in [0.25, 0.3) is 5.69 Å². The number of rotatable bonds is 8. The molecule has 0 saturated carbocycles. The summed E-state index contributed by atoms with van der Waals surface area (Å²) in [7, 11) is 0. The first-order valence-corrected chi connectivity index (χ1v) is 12.3. The summed E-state index contributed by atoms with van der Waals surface area (Å²) in [6.45, 7) is 1.89. The minimum Gasteiger partial charge on any atom is -0.481 e. The highest BCUT2D eigenvalue weighted by molar-refractivity contribution is 9.10. The lowest BCUT2D eigenvalue weighted by Gasteiger charge is -2.17. The molecule has 1 aromatic heterocycles. The van der Waals surface area contributed by atoms with Gasteiger partial charge in [-0.2, -0.15) is 0 Å². The maximum atomic E-state index is 12.5. The Morgan fingerprint density at radius 1 is 1.09 bits per heavy atom. The van der Waals surface area contributed by atoms with Gasteiger partial charge in [-0.1, -0.05) is 75.7 Å². The summed E-state index contributed by atoms with van der Waals surface area (Å²) < 4.78 is 8.87. The second kappa shape index (κ2) is 10.9. The zero-order valence-electron chi connectivity index (χ0n) is 17.6. The zero-order valence-corrected chi connectivity index (χ0v) is 20.8. The minimum atomic E-state index is -0.428. The van der Waals surface area contributed by atoms with Gasteiger partial charge in [0.2, 0.25) is 5.91 Å². The van der Waals surface area contributed by atoms with E-state index >= 15 is 0 Å². The molecule has 0 saturated heterocycles. The molecule has 0 spiro atoms. The highest BCUT2D eigenvalue weighted by Gasteiger charge is 2.22. The molecule has 168 valence electrons. The monoisotopic (exact) mass is 542 g/mol. The van der Waals surface area contributed by atoms with Gasteiger partial charge in [-0.25, -0.2) is 0 Å². The summed E-state index contributed by atoms with van der Waals surface area (Å²) in [6.07, 6.45) is -0.428. The van der Waals surface area contributed by atoms with E-state index in [9.17, 15) is 4.79 Å². The van der Waals surface area contributed by atoms with Crippen molar-refractivity contribution in [3.8, 4) is 11.4 Å². The normalized spacial score (nSPS) is 11.7. The fraction of sp³-hybridized carbons (Fsp3) is 0.125. The molecular formula is C24H20BrClN4O2S. The Hall–Kier alpha value is -2.81. The van der Waals surface area contributed by atoms with E-state index < -0.39 is 6.10 Å². The number of thioether (sulfide) groups is 1. The smallest absolute Gasteiger partial charge is 0.234 e. The van der Waals surface area contributed by atoms with Crippen LogP contribution in [0.3, 0.4) is 0 Å². The molecule has 9 heteroatoms. The lowest BCUT2D eigenvalue weighted by molar-refractivity contribution is -0.113. The van der Waals surface area contributed by atoms with E-state index in [4.69, 9.17) is 16.3 Å². The van der Waals surface area contributed by atoms with Crippen molar-refractivity contribution in [2.75, 3.05) is 11.1 Å². The number of anilines is 1. The zero-order chi connectivity index (χ0) is 23.2. The molecule has 1 atom stereocenters. The van der Waals surface area contributed by atoms with E-state index in [0.29, 0.717) is 21.8 Å². The van der Waals surface area contributed by atoms with Crippen LogP contribution >= 0.6 is 39.3 Å². The fourth-order valence-electron chi connectivity index (χ4n) is 3.13. The quantitative estimate of drug-likeness (QED) is 0.255. The Morgan fingerprint density at radius 3 is 2.61 bits per heavy atom. The number of aromatic nitrogens is 3. The van der Waals surface area contributed by atoms with E-state index in [0.717, 1.165) is 15.8 Å². The third-order valence-corrected chi connectivity index (χ3v) is 6.35. The highest BCUT2D eigenvalue weighted by Crippen LogP contribution is 2.31. The van der Waals surface area contributed by atoms with Crippen molar-refractivity contribution in [2.24, 2.45) is 0 Å². The van der Waals surface area contributed by atoms with Gasteiger partial charge in [0.25, 0.3) is 0 Å². The summed E-state index contributed by atoms with van der Waals surface area (Å²) >= 11 is 11.0. The summed E-state index contributed by atoms with van der Waals surface area (Å²) in [4.78, 5) is 12.5. The van der Waals surface area contributed by atoms with Crippen LogP contribution in [0.5, 0.6) is 5.75 Å². The number of halogens is 2.